The fraction of sp³-hybridized carbons (Fsp3) is 0.818. The van der Waals surface area contributed by atoms with E-state index in [1.807, 2.05) is 0 Å². The van der Waals surface area contributed by atoms with E-state index in [2.05, 4.69) is 17.1 Å². The molecule has 0 amide bonds. The molecule has 2 atom stereocenters. The molecule has 4 nitrogen and oxygen atoms in total. The largest absolute Gasteiger partial charge is 0.342 e. The van der Waals surface area contributed by atoms with Gasteiger partial charge < -0.3 is 0 Å². The van der Waals surface area contributed by atoms with E-state index in [4.69, 9.17) is 12.2 Å². The van der Waals surface area contributed by atoms with Gasteiger partial charge in [-0.15, -0.1) is 0 Å². The van der Waals surface area contributed by atoms with Crippen LogP contribution >= 0.6 is 12.2 Å². The molecule has 0 bridgehead atoms. The molecule has 0 spiro atoms. The zero-order valence-corrected chi connectivity index (χ0v) is 10.5. The smallest absolute Gasteiger partial charge is 0.272 e. The van der Waals surface area contributed by atoms with E-state index in [-0.39, 0.29) is 5.69 Å². The minimum absolute atomic E-state index is 0.117. The molecule has 1 fully saturated rings. The van der Waals surface area contributed by atoms with Crippen LogP contribution in [0.3, 0.4) is 0 Å². The molecule has 5 heteroatoms. The van der Waals surface area contributed by atoms with Gasteiger partial charge in [-0.3, -0.25) is 9.67 Å². The summed E-state index contributed by atoms with van der Waals surface area (Å²) in [6.07, 6.45) is 6.37. The minimum atomic E-state index is -0.117. The fourth-order valence-electron chi connectivity index (χ4n) is 2.67. The van der Waals surface area contributed by atoms with Crippen molar-refractivity contribution in [3.8, 4) is 0 Å². The quantitative estimate of drug-likeness (QED) is 0.799. The number of nitrogens with one attached hydrogen (secondary N) is 2. The van der Waals surface area contributed by atoms with Gasteiger partial charge in [0.1, 0.15) is 0 Å². The van der Waals surface area contributed by atoms with E-state index in [1.165, 1.54) is 25.7 Å². The third-order valence-corrected chi connectivity index (χ3v) is 3.90. The van der Waals surface area contributed by atoms with Gasteiger partial charge in [-0.1, -0.05) is 26.2 Å². The van der Waals surface area contributed by atoms with Crippen molar-refractivity contribution in [2.45, 2.75) is 45.6 Å². The van der Waals surface area contributed by atoms with Crippen molar-refractivity contribution in [3.05, 3.63) is 15.3 Å². The van der Waals surface area contributed by atoms with Crippen LogP contribution in [0.4, 0.5) is 0 Å². The van der Waals surface area contributed by atoms with Crippen molar-refractivity contribution in [1.29, 1.82) is 0 Å². The highest BCUT2D eigenvalue weighted by Crippen LogP contribution is 2.30. The Balaban J connectivity index is 1.92. The summed E-state index contributed by atoms with van der Waals surface area (Å²) in [6, 6.07) is 0. The molecule has 2 unspecified atom stereocenters. The Kier molecular flexibility index (Phi) is 3.63. The Morgan fingerprint density at radius 3 is 2.88 bits per heavy atom. The van der Waals surface area contributed by atoms with E-state index >= 15 is 0 Å². The van der Waals surface area contributed by atoms with Crippen LogP contribution in [0.1, 0.15) is 39.0 Å². The van der Waals surface area contributed by atoms with Gasteiger partial charge in [0.05, 0.1) is 0 Å². The Morgan fingerprint density at radius 2 is 2.25 bits per heavy atom. The Morgan fingerprint density at radius 1 is 1.44 bits per heavy atom. The lowest BCUT2D eigenvalue weighted by Gasteiger charge is -2.26. The normalized spacial score (nSPS) is 25.8. The van der Waals surface area contributed by atoms with Crippen LogP contribution in [0.5, 0.6) is 0 Å². The Labute approximate surface area is 100 Å². The summed E-state index contributed by atoms with van der Waals surface area (Å²) >= 11 is 5.04. The standard InChI is InChI=1S/C11H19N3OS/c1-8-3-2-4-9(7-8)5-6-14-10(15)12-13-11(14)16/h8-9H,2-7H2,1H3,(H,12,15)(H,13,16). The second kappa shape index (κ2) is 4.99. The van der Waals surface area contributed by atoms with Gasteiger partial charge in [-0.25, -0.2) is 9.89 Å². The molecular formula is C11H19N3OS. The number of aromatic nitrogens is 3. The molecule has 1 aromatic heterocycles. The number of nitrogens with zero attached hydrogens (tertiary/aromatic N) is 1. The van der Waals surface area contributed by atoms with Gasteiger partial charge in [0.2, 0.25) is 0 Å². The molecule has 0 aromatic carbocycles. The molecule has 1 saturated carbocycles. The monoisotopic (exact) mass is 241 g/mol. The average molecular weight is 241 g/mol. The number of hydrogen-bond acceptors (Lipinski definition) is 2. The van der Waals surface area contributed by atoms with Crippen LogP contribution in [0.2, 0.25) is 0 Å². The zero-order chi connectivity index (χ0) is 11.5. The first-order chi connectivity index (χ1) is 7.66. The zero-order valence-electron chi connectivity index (χ0n) is 9.66. The Bertz CT molecular complexity index is 417. The molecule has 1 aliphatic rings. The maximum atomic E-state index is 11.4. The van der Waals surface area contributed by atoms with Crippen molar-refractivity contribution in [3.63, 3.8) is 0 Å². The fourth-order valence-corrected chi connectivity index (χ4v) is 2.90. The summed E-state index contributed by atoms with van der Waals surface area (Å²) in [6.45, 7) is 3.07. The molecule has 1 aliphatic carbocycles. The van der Waals surface area contributed by atoms with Gasteiger partial charge in [-0.05, 0) is 36.9 Å². The lowest BCUT2D eigenvalue weighted by atomic mass is 9.81. The molecule has 0 aliphatic heterocycles. The molecular weight excluding hydrogens is 222 g/mol. The molecule has 90 valence electrons. The van der Waals surface area contributed by atoms with Crippen molar-refractivity contribution < 1.29 is 0 Å². The number of aromatic amines is 2. The summed E-state index contributed by atoms with van der Waals surface area (Å²) in [5, 5.41) is 5.19. The van der Waals surface area contributed by atoms with Gasteiger partial charge >= 0.3 is 5.69 Å². The molecule has 2 N–H and O–H groups in total. The SMILES string of the molecule is CC1CCCC(CCn2c(=O)[nH][nH]c2=S)C1. The van der Waals surface area contributed by atoms with E-state index in [1.54, 1.807) is 4.57 Å². The first-order valence-electron chi connectivity index (χ1n) is 6.04. The van der Waals surface area contributed by atoms with Crippen LogP contribution in [0.15, 0.2) is 4.79 Å². The molecule has 16 heavy (non-hydrogen) atoms. The highest BCUT2D eigenvalue weighted by atomic mass is 32.1. The Hall–Kier alpha value is -0.840. The minimum Gasteiger partial charge on any atom is -0.272 e. The number of hydrogen-bond donors (Lipinski definition) is 2. The average Bonchev–Trinajstić information content (AvgIpc) is 2.56. The maximum absolute atomic E-state index is 11.4. The van der Waals surface area contributed by atoms with Crippen LogP contribution in [-0.4, -0.2) is 14.8 Å². The van der Waals surface area contributed by atoms with Gasteiger partial charge in [0, 0.05) is 6.54 Å². The topological polar surface area (TPSA) is 53.6 Å². The van der Waals surface area contributed by atoms with Crippen molar-refractivity contribution in [1.82, 2.24) is 14.8 Å². The molecule has 0 radical (unpaired) electrons. The number of rotatable bonds is 3. The summed E-state index contributed by atoms with van der Waals surface area (Å²) < 4.78 is 2.13. The second-order valence-corrected chi connectivity index (χ2v) is 5.33. The van der Waals surface area contributed by atoms with E-state index in [0.717, 1.165) is 24.8 Å². The van der Waals surface area contributed by atoms with E-state index in [9.17, 15) is 4.79 Å². The lowest BCUT2D eigenvalue weighted by Crippen LogP contribution is -2.21. The van der Waals surface area contributed by atoms with Crippen molar-refractivity contribution >= 4 is 12.2 Å². The summed E-state index contributed by atoms with van der Waals surface area (Å²) in [5.41, 5.74) is -0.117. The van der Waals surface area contributed by atoms with Crippen molar-refractivity contribution in [2.75, 3.05) is 0 Å². The first kappa shape index (κ1) is 11.6. The van der Waals surface area contributed by atoms with Gasteiger partial charge in [0.15, 0.2) is 4.77 Å². The second-order valence-electron chi connectivity index (χ2n) is 4.94. The highest BCUT2D eigenvalue weighted by molar-refractivity contribution is 7.71. The van der Waals surface area contributed by atoms with E-state index < -0.39 is 0 Å². The van der Waals surface area contributed by atoms with E-state index in [0.29, 0.717) is 4.77 Å². The molecule has 1 aromatic rings. The van der Waals surface area contributed by atoms with Crippen LogP contribution < -0.4 is 5.69 Å². The van der Waals surface area contributed by atoms with Crippen LogP contribution in [-0.2, 0) is 6.54 Å². The molecule has 0 saturated heterocycles. The highest BCUT2D eigenvalue weighted by Gasteiger charge is 2.18. The van der Waals surface area contributed by atoms with Gasteiger partial charge in [-0.2, -0.15) is 0 Å². The summed E-state index contributed by atoms with van der Waals surface area (Å²) in [7, 11) is 0. The molecule has 1 heterocycles. The predicted octanol–water partition coefficient (Wildman–Crippen LogP) is 2.45. The first-order valence-corrected chi connectivity index (χ1v) is 6.45. The lowest BCUT2D eigenvalue weighted by molar-refractivity contribution is 0.260. The summed E-state index contributed by atoms with van der Waals surface area (Å²) in [4.78, 5) is 11.4. The third-order valence-electron chi connectivity index (χ3n) is 3.57. The molecule has 2 rings (SSSR count). The number of H-pyrrole nitrogens is 2. The van der Waals surface area contributed by atoms with Crippen LogP contribution in [0, 0.1) is 16.6 Å². The van der Waals surface area contributed by atoms with Crippen molar-refractivity contribution in [2.24, 2.45) is 11.8 Å². The predicted molar refractivity (Wildman–Crippen MR) is 66.0 cm³/mol. The van der Waals surface area contributed by atoms with Crippen LogP contribution in [0.25, 0.3) is 0 Å². The summed E-state index contributed by atoms with van der Waals surface area (Å²) in [5.74, 6) is 1.61. The maximum Gasteiger partial charge on any atom is 0.342 e. The third kappa shape index (κ3) is 2.64. The van der Waals surface area contributed by atoms with Gasteiger partial charge in [0.25, 0.3) is 0 Å².